The van der Waals surface area contributed by atoms with Crippen LogP contribution in [-0.4, -0.2) is 17.1 Å². The van der Waals surface area contributed by atoms with Crippen molar-refractivity contribution in [2.75, 3.05) is 11.9 Å². The van der Waals surface area contributed by atoms with E-state index in [1.54, 1.807) is 36.5 Å². The number of pyridine rings is 1. The smallest absolute Gasteiger partial charge is 0.255 e. The molecule has 0 radical (unpaired) electrons. The molecule has 0 aliphatic carbocycles. The highest BCUT2D eigenvalue weighted by Gasteiger charge is 2.08. The molecule has 0 bridgehead atoms. The van der Waals surface area contributed by atoms with Crippen molar-refractivity contribution < 1.29 is 9.53 Å². The molecule has 0 saturated carbocycles. The van der Waals surface area contributed by atoms with Crippen molar-refractivity contribution in [3.8, 4) is 11.4 Å². The van der Waals surface area contributed by atoms with Crippen molar-refractivity contribution in [1.82, 2.24) is 4.57 Å². The van der Waals surface area contributed by atoms with Crippen LogP contribution >= 0.6 is 0 Å². The highest BCUT2D eigenvalue weighted by molar-refractivity contribution is 6.04. The van der Waals surface area contributed by atoms with Crippen LogP contribution in [0.15, 0.2) is 77.7 Å². The number of hydrogen-bond donors (Lipinski definition) is 1. The summed E-state index contributed by atoms with van der Waals surface area (Å²) in [6.07, 6.45) is 1.62. The monoisotopic (exact) mass is 334 g/mol. The SMILES string of the molecule is CCOc1ccc(C(=O)Nc2ccc(=O)n(-c3ccccc3)c2)cc1. The van der Waals surface area contributed by atoms with Crippen LogP contribution in [0.4, 0.5) is 5.69 Å². The van der Waals surface area contributed by atoms with Gasteiger partial charge in [-0.3, -0.25) is 14.2 Å². The molecule has 0 spiro atoms. The van der Waals surface area contributed by atoms with E-state index >= 15 is 0 Å². The Hall–Kier alpha value is -3.34. The maximum Gasteiger partial charge on any atom is 0.255 e. The molecular formula is C20H18N2O3. The summed E-state index contributed by atoms with van der Waals surface area (Å²) < 4.78 is 6.86. The number of ether oxygens (including phenoxy) is 1. The van der Waals surface area contributed by atoms with E-state index in [2.05, 4.69) is 5.32 Å². The molecule has 0 saturated heterocycles. The molecule has 2 aromatic carbocycles. The Balaban J connectivity index is 1.81. The summed E-state index contributed by atoms with van der Waals surface area (Å²) in [6, 6.07) is 19.2. The summed E-state index contributed by atoms with van der Waals surface area (Å²) in [7, 11) is 0. The van der Waals surface area contributed by atoms with E-state index in [0.717, 1.165) is 11.4 Å². The van der Waals surface area contributed by atoms with E-state index in [-0.39, 0.29) is 11.5 Å². The number of nitrogens with zero attached hydrogens (tertiary/aromatic N) is 1. The Bertz CT molecular complexity index is 916. The van der Waals surface area contributed by atoms with E-state index in [1.165, 1.54) is 10.6 Å². The molecule has 126 valence electrons. The third-order valence-corrected chi connectivity index (χ3v) is 3.63. The zero-order chi connectivity index (χ0) is 17.6. The van der Waals surface area contributed by atoms with Gasteiger partial charge in [0.1, 0.15) is 5.75 Å². The minimum atomic E-state index is -0.249. The predicted octanol–water partition coefficient (Wildman–Crippen LogP) is 3.49. The summed E-state index contributed by atoms with van der Waals surface area (Å²) >= 11 is 0. The second-order valence-electron chi connectivity index (χ2n) is 5.37. The van der Waals surface area contributed by atoms with Crippen molar-refractivity contribution in [3.63, 3.8) is 0 Å². The standard InChI is InChI=1S/C20H18N2O3/c1-2-25-18-11-8-15(9-12-18)20(24)21-16-10-13-19(23)22(14-16)17-6-4-3-5-7-17/h3-14H,2H2,1H3,(H,21,24). The van der Waals surface area contributed by atoms with E-state index < -0.39 is 0 Å². The topological polar surface area (TPSA) is 60.3 Å². The van der Waals surface area contributed by atoms with Gasteiger partial charge in [0.05, 0.1) is 12.3 Å². The van der Waals surface area contributed by atoms with E-state index in [4.69, 9.17) is 4.74 Å². The number of aromatic nitrogens is 1. The fraction of sp³-hybridized carbons (Fsp3) is 0.100. The molecule has 3 rings (SSSR count). The van der Waals surface area contributed by atoms with Gasteiger partial charge in [0.2, 0.25) is 0 Å². The number of rotatable bonds is 5. The van der Waals surface area contributed by atoms with Gasteiger partial charge in [0.25, 0.3) is 11.5 Å². The lowest BCUT2D eigenvalue weighted by Gasteiger charge is -2.10. The number of hydrogen-bond acceptors (Lipinski definition) is 3. The zero-order valence-electron chi connectivity index (χ0n) is 13.8. The van der Waals surface area contributed by atoms with Gasteiger partial charge in [-0.15, -0.1) is 0 Å². The summed E-state index contributed by atoms with van der Waals surface area (Å²) in [4.78, 5) is 24.4. The van der Waals surface area contributed by atoms with Crippen LogP contribution in [-0.2, 0) is 0 Å². The van der Waals surface area contributed by atoms with Crippen molar-refractivity contribution in [2.45, 2.75) is 6.92 Å². The van der Waals surface area contributed by atoms with Gasteiger partial charge in [-0.05, 0) is 49.4 Å². The van der Waals surface area contributed by atoms with Crippen LogP contribution in [0.1, 0.15) is 17.3 Å². The minimum absolute atomic E-state index is 0.162. The molecule has 25 heavy (non-hydrogen) atoms. The molecule has 5 nitrogen and oxygen atoms in total. The van der Waals surface area contributed by atoms with Gasteiger partial charge < -0.3 is 10.1 Å². The highest BCUT2D eigenvalue weighted by atomic mass is 16.5. The van der Waals surface area contributed by atoms with E-state index in [0.29, 0.717) is 17.9 Å². The normalized spacial score (nSPS) is 10.3. The third kappa shape index (κ3) is 3.95. The summed E-state index contributed by atoms with van der Waals surface area (Å²) in [5.74, 6) is 0.470. The molecule has 0 aliphatic heterocycles. The van der Waals surface area contributed by atoms with Crippen molar-refractivity contribution in [1.29, 1.82) is 0 Å². The quantitative estimate of drug-likeness (QED) is 0.777. The lowest BCUT2D eigenvalue weighted by molar-refractivity contribution is 0.102. The number of carbonyl (C=O) groups excluding carboxylic acids is 1. The van der Waals surface area contributed by atoms with Crippen LogP contribution < -0.4 is 15.6 Å². The lowest BCUT2D eigenvalue weighted by Crippen LogP contribution is -2.19. The Labute approximate surface area is 145 Å². The number of para-hydroxylation sites is 1. The number of carbonyl (C=O) groups is 1. The van der Waals surface area contributed by atoms with Crippen LogP contribution in [0.5, 0.6) is 5.75 Å². The molecule has 0 fully saturated rings. The van der Waals surface area contributed by atoms with Gasteiger partial charge >= 0.3 is 0 Å². The largest absolute Gasteiger partial charge is 0.494 e. The molecule has 1 amide bonds. The second-order valence-corrected chi connectivity index (χ2v) is 5.37. The van der Waals surface area contributed by atoms with Gasteiger partial charge in [-0.25, -0.2) is 0 Å². The minimum Gasteiger partial charge on any atom is -0.494 e. The molecule has 5 heteroatoms. The lowest BCUT2D eigenvalue weighted by atomic mass is 10.2. The first-order chi connectivity index (χ1) is 12.2. The van der Waals surface area contributed by atoms with Crippen molar-refractivity contribution in [3.05, 3.63) is 88.8 Å². The average Bonchev–Trinajstić information content (AvgIpc) is 2.65. The second kappa shape index (κ2) is 7.49. The maximum absolute atomic E-state index is 12.4. The van der Waals surface area contributed by atoms with E-state index in [9.17, 15) is 9.59 Å². The Morgan fingerprint density at radius 1 is 1.00 bits per heavy atom. The molecule has 3 aromatic rings. The number of anilines is 1. The Morgan fingerprint density at radius 2 is 1.72 bits per heavy atom. The van der Waals surface area contributed by atoms with Crippen LogP contribution in [0.25, 0.3) is 5.69 Å². The number of amides is 1. The van der Waals surface area contributed by atoms with Gasteiger partial charge in [-0.2, -0.15) is 0 Å². The molecule has 0 aliphatic rings. The van der Waals surface area contributed by atoms with Gasteiger partial charge in [0, 0.05) is 23.5 Å². The van der Waals surface area contributed by atoms with Crippen molar-refractivity contribution >= 4 is 11.6 Å². The van der Waals surface area contributed by atoms with Gasteiger partial charge in [-0.1, -0.05) is 18.2 Å². The van der Waals surface area contributed by atoms with Crippen LogP contribution in [0.3, 0.4) is 0 Å². The molecule has 1 heterocycles. The Morgan fingerprint density at radius 3 is 2.40 bits per heavy atom. The van der Waals surface area contributed by atoms with Crippen LogP contribution in [0, 0.1) is 0 Å². The average molecular weight is 334 g/mol. The number of benzene rings is 2. The van der Waals surface area contributed by atoms with Crippen LogP contribution in [0.2, 0.25) is 0 Å². The van der Waals surface area contributed by atoms with Crippen molar-refractivity contribution in [2.24, 2.45) is 0 Å². The third-order valence-electron chi connectivity index (χ3n) is 3.63. The maximum atomic E-state index is 12.4. The first-order valence-electron chi connectivity index (χ1n) is 7.99. The summed E-state index contributed by atoms with van der Waals surface area (Å²) in [5.41, 5.74) is 1.64. The molecular weight excluding hydrogens is 316 g/mol. The molecule has 1 N–H and O–H groups in total. The molecule has 0 unspecified atom stereocenters. The molecule has 0 atom stereocenters. The Kier molecular flexibility index (Phi) is 4.95. The highest BCUT2D eigenvalue weighted by Crippen LogP contribution is 2.14. The first-order valence-corrected chi connectivity index (χ1v) is 7.99. The summed E-state index contributed by atoms with van der Waals surface area (Å²) in [5, 5.41) is 2.81. The first kappa shape index (κ1) is 16.5. The zero-order valence-corrected chi connectivity index (χ0v) is 13.8. The predicted molar refractivity (Wildman–Crippen MR) is 97.6 cm³/mol. The fourth-order valence-corrected chi connectivity index (χ4v) is 2.42. The molecule has 1 aromatic heterocycles. The summed E-state index contributed by atoms with van der Waals surface area (Å²) in [6.45, 7) is 2.48. The fourth-order valence-electron chi connectivity index (χ4n) is 2.42. The van der Waals surface area contributed by atoms with E-state index in [1.807, 2.05) is 37.3 Å². The van der Waals surface area contributed by atoms with Gasteiger partial charge in [0.15, 0.2) is 0 Å². The number of nitrogens with one attached hydrogen (secondary N) is 1.